The Balaban J connectivity index is 1.81. The molecular weight excluding hydrogens is 321 g/mol. The van der Waals surface area contributed by atoms with Gasteiger partial charge in [0.15, 0.2) is 17.5 Å². The molecular formula is C22H17F3. The first-order chi connectivity index (χ1) is 12.1. The second-order valence-electron chi connectivity index (χ2n) is 6.56. The second-order valence-corrected chi connectivity index (χ2v) is 6.56. The summed E-state index contributed by atoms with van der Waals surface area (Å²) in [5, 5.41) is 0. The lowest BCUT2D eigenvalue weighted by Gasteiger charge is -2.15. The quantitative estimate of drug-likeness (QED) is 0.503. The summed E-state index contributed by atoms with van der Waals surface area (Å²) in [5.41, 5.74) is 5.79. The standard InChI is InChI=1S/C22H17F3/c23-20-12-18(13-21(24)22(20)25)19-11-16-6-5-14-1-3-15(4-2-14)7-9-17(19)10-8-16/h1-4,8,10-13H,5-7,9H2. The van der Waals surface area contributed by atoms with Crippen LogP contribution >= 0.6 is 0 Å². The van der Waals surface area contributed by atoms with Crippen LogP contribution in [0.5, 0.6) is 0 Å². The molecule has 0 heterocycles. The van der Waals surface area contributed by atoms with E-state index in [0.717, 1.165) is 54.5 Å². The Bertz CT molecular complexity index is 903. The fourth-order valence-electron chi connectivity index (χ4n) is 3.42. The Morgan fingerprint density at radius 3 is 1.72 bits per heavy atom. The van der Waals surface area contributed by atoms with Crippen molar-refractivity contribution in [1.82, 2.24) is 0 Å². The van der Waals surface area contributed by atoms with E-state index in [4.69, 9.17) is 0 Å². The van der Waals surface area contributed by atoms with E-state index in [9.17, 15) is 13.2 Å². The van der Waals surface area contributed by atoms with Gasteiger partial charge in [0.1, 0.15) is 0 Å². The van der Waals surface area contributed by atoms with Crippen molar-refractivity contribution < 1.29 is 13.2 Å². The van der Waals surface area contributed by atoms with Gasteiger partial charge in [-0.3, -0.25) is 0 Å². The van der Waals surface area contributed by atoms with Crippen LogP contribution in [0.2, 0.25) is 0 Å². The van der Waals surface area contributed by atoms with Gasteiger partial charge in [0.2, 0.25) is 0 Å². The molecule has 3 aromatic carbocycles. The van der Waals surface area contributed by atoms with Crippen LogP contribution in [0.3, 0.4) is 0 Å². The molecule has 0 saturated heterocycles. The van der Waals surface area contributed by atoms with Crippen LogP contribution in [0, 0.1) is 17.5 Å². The Labute approximate surface area is 144 Å². The zero-order valence-electron chi connectivity index (χ0n) is 13.7. The molecule has 7 rings (SSSR count). The first kappa shape index (κ1) is 15.9. The zero-order chi connectivity index (χ0) is 17.4. The highest BCUT2D eigenvalue weighted by Crippen LogP contribution is 2.30. The van der Waals surface area contributed by atoms with Crippen LogP contribution in [0.1, 0.15) is 22.3 Å². The van der Waals surface area contributed by atoms with Gasteiger partial charge in [0.25, 0.3) is 0 Å². The Morgan fingerprint density at radius 2 is 1.08 bits per heavy atom. The van der Waals surface area contributed by atoms with Crippen LogP contribution in [0.4, 0.5) is 13.2 Å². The largest absolute Gasteiger partial charge is 0.204 e. The smallest absolute Gasteiger partial charge is 0.194 e. The molecule has 4 aliphatic rings. The molecule has 0 aromatic heterocycles. The minimum absolute atomic E-state index is 0.388. The number of rotatable bonds is 1. The van der Waals surface area contributed by atoms with Gasteiger partial charge in [-0.2, -0.15) is 0 Å². The fourth-order valence-corrected chi connectivity index (χ4v) is 3.42. The molecule has 0 nitrogen and oxygen atoms in total. The Kier molecular flexibility index (Phi) is 4.08. The van der Waals surface area contributed by atoms with Crippen molar-refractivity contribution in [3.63, 3.8) is 0 Å². The number of hydrogen-bond donors (Lipinski definition) is 0. The average Bonchev–Trinajstić information content (AvgIpc) is 2.61. The molecule has 0 radical (unpaired) electrons. The molecule has 3 aromatic rings. The number of aryl methyl sites for hydroxylation is 4. The average molecular weight is 338 g/mol. The van der Waals surface area contributed by atoms with Gasteiger partial charge in [-0.15, -0.1) is 0 Å². The predicted octanol–water partition coefficient (Wildman–Crippen LogP) is 5.65. The van der Waals surface area contributed by atoms with Crippen molar-refractivity contribution in [3.8, 4) is 11.1 Å². The highest BCUT2D eigenvalue weighted by Gasteiger charge is 2.15. The van der Waals surface area contributed by atoms with Crippen molar-refractivity contribution in [1.29, 1.82) is 0 Å². The van der Waals surface area contributed by atoms with Crippen LogP contribution in [-0.4, -0.2) is 0 Å². The monoisotopic (exact) mass is 338 g/mol. The van der Waals surface area contributed by atoms with E-state index in [1.54, 1.807) is 0 Å². The van der Waals surface area contributed by atoms with Crippen LogP contribution in [-0.2, 0) is 25.7 Å². The van der Waals surface area contributed by atoms with E-state index in [1.807, 2.05) is 12.1 Å². The van der Waals surface area contributed by atoms with Crippen LogP contribution < -0.4 is 0 Å². The fraction of sp³-hybridized carbons (Fsp3) is 0.182. The van der Waals surface area contributed by atoms with Gasteiger partial charge >= 0.3 is 0 Å². The molecule has 126 valence electrons. The van der Waals surface area contributed by atoms with E-state index in [1.165, 1.54) is 11.1 Å². The summed E-state index contributed by atoms with van der Waals surface area (Å²) in [6.07, 6.45) is 3.36. The van der Waals surface area contributed by atoms with Gasteiger partial charge in [-0.1, -0.05) is 42.5 Å². The number of hydrogen-bond acceptors (Lipinski definition) is 0. The second kappa shape index (κ2) is 6.40. The van der Waals surface area contributed by atoms with Crippen molar-refractivity contribution >= 4 is 0 Å². The normalized spacial score (nSPS) is 13.6. The lowest BCUT2D eigenvalue weighted by molar-refractivity contribution is 0.447. The molecule has 25 heavy (non-hydrogen) atoms. The third kappa shape index (κ3) is 3.19. The lowest BCUT2D eigenvalue weighted by atomic mass is 9.90. The first-order valence-corrected chi connectivity index (χ1v) is 8.45. The molecule has 0 aliphatic heterocycles. The summed E-state index contributed by atoms with van der Waals surface area (Å²) in [4.78, 5) is 0. The van der Waals surface area contributed by atoms with Gasteiger partial charge in [0, 0.05) is 0 Å². The van der Waals surface area contributed by atoms with Crippen molar-refractivity contribution in [2.24, 2.45) is 0 Å². The van der Waals surface area contributed by atoms with Crippen molar-refractivity contribution in [2.75, 3.05) is 0 Å². The highest BCUT2D eigenvalue weighted by molar-refractivity contribution is 5.68. The van der Waals surface area contributed by atoms with Gasteiger partial charge < -0.3 is 0 Å². The van der Waals surface area contributed by atoms with E-state index < -0.39 is 17.5 Å². The Hall–Kier alpha value is -2.55. The molecule has 0 saturated carbocycles. The van der Waals surface area contributed by atoms with Crippen LogP contribution in [0.25, 0.3) is 11.1 Å². The van der Waals surface area contributed by atoms with E-state index in [-0.39, 0.29) is 0 Å². The molecule has 3 heteroatoms. The van der Waals surface area contributed by atoms with Gasteiger partial charge in [0.05, 0.1) is 0 Å². The summed E-state index contributed by atoms with van der Waals surface area (Å²) in [5.74, 6) is -3.72. The maximum Gasteiger partial charge on any atom is 0.194 e. The van der Waals surface area contributed by atoms with E-state index in [0.29, 0.717) is 5.56 Å². The van der Waals surface area contributed by atoms with Gasteiger partial charge in [-0.25, -0.2) is 13.2 Å². The summed E-state index contributed by atoms with van der Waals surface area (Å²) >= 11 is 0. The van der Waals surface area contributed by atoms with E-state index in [2.05, 4.69) is 30.3 Å². The molecule has 0 atom stereocenters. The highest BCUT2D eigenvalue weighted by atomic mass is 19.2. The molecule has 4 aliphatic carbocycles. The van der Waals surface area contributed by atoms with Crippen molar-refractivity contribution in [2.45, 2.75) is 25.7 Å². The first-order valence-electron chi connectivity index (χ1n) is 8.45. The molecule has 0 N–H and O–H groups in total. The maximum atomic E-state index is 13.7. The van der Waals surface area contributed by atoms with Crippen LogP contribution in [0.15, 0.2) is 54.6 Å². The summed E-state index contributed by atoms with van der Waals surface area (Å²) in [7, 11) is 0. The predicted molar refractivity (Wildman–Crippen MR) is 93.0 cm³/mol. The molecule has 0 amide bonds. The minimum atomic E-state index is -1.42. The molecule has 0 fully saturated rings. The summed E-state index contributed by atoms with van der Waals surface area (Å²) < 4.78 is 40.7. The minimum Gasteiger partial charge on any atom is -0.204 e. The third-order valence-electron chi connectivity index (χ3n) is 4.88. The number of halogens is 3. The van der Waals surface area contributed by atoms with E-state index >= 15 is 0 Å². The summed E-state index contributed by atoms with van der Waals surface area (Å²) in [6.45, 7) is 0. The Morgan fingerprint density at radius 1 is 0.560 bits per heavy atom. The molecule has 4 bridgehead atoms. The SMILES string of the molecule is Fc1cc(-c2cc3ccc2CCc2ccc(cc2)CC3)cc(F)c1F. The lowest BCUT2D eigenvalue weighted by Crippen LogP contribution is -2.01. The molecule has 0 spiro atoms. The van der Waals surface area contributed by atoms with Gasteiger partial charge in [-0.05, 0) is 71.2 Å². The topological polar surface area (TPSA) is 0 Å². The summed E-state index contributed by atoms with van der Waals surface area (Å²) in [6, 6.07) is 16.8. The maximum absolute atomic E-state index is 13.7. The van der Waals surface area contributed by atoms with Crippen molar-refractivity contribution in [3.05, 3.63) is 94.3 Å². The number of benzene rings is 3. The molecule has 0 unspecified atom stereocenters. The zero-order valence-corrected chi connectivity index (χ0v) is 13.7. The third-order valence-corrected chi connectivity index (χ3v) is 4.88.